The van der Waals surface area contributed by atoms with Crippen LogP contribution in [0, 0.1) is 10.8 Å². The van der Waals surface area contributed by atoms with Crippen LogP contribution in [-0.2, 0) is 9.59 Å². The van der Waals surface area contributed by atoms with E-state index in [1.807, 2.05) is 32.9 Å². The molecule has 104 valence electrons. The monoisotopic (exact) mass is 263 g/mol. The minimum Gasteiger partial charge on any atom is -0.368 e. The van der Waals surface area contributed by atoms with Crippen LogP contribution in [0.2, 0.25) is 0 Å². The van der Waals surface area contributed by atoms with Crippen LogP contribution >= 0.6 is 0 Å². The van der Waals surface area contributed by atoms with Crippen molar-refractivity contribution in [2.45, 2.75) is 39.7 Å². The van der Waals surface area contributed by atoms with Gasteiger partial charge in [-0.25, -0.2) is 0 Å². The molecule has 5 nitrogen and oxygen atoms in total. The van der Waals surface area contributed by atoms with Gasteiger partial charge in [-0.1, -0.05) is 39.0 Å². The van der Waals surface area contributed by atoms with Crippen molar-refractivity contribution in [3.63, 3.8) is 0 Å². The van der Waals surface area contributed by atoms with E-state index in [1.165, 1.54) is 0 Å². The van der Waals surface area contributed by atoms with E-state index in [9.17, 15) is 9.59 Å². The summed E-state index contributed by atoms with van der Waals surface area (Å²) >= 11 is 0. The molecule has 1 aliphatic rings. The van der Waals surface area contributed by atoms with Crippen LogP contribution in [-0.4, -0.2) is 23.6 Å². The van der Waals surface area contributed by atoms with Crippen molar-refractivity contribution in [1.29, 1.82) is 5.41 Å². The summed E-state index contributed by atoms with van der Waals surface area (Å²) in [5.41, 5.74) is 5.40. The maximum Gasteiger partial charge on any atom is 0.270 e. The summed E-state index contributed by atoms with van der Waals surface area (Å²) in [5, 5.41) is 10.4. The third-order valence-corrected chi connectivity index (χ3v) is 2.99. The van der Waals surface area contributed by atoms with Crippen LogP contribution in [0.4, 0.5) is 0 Å². The number of rotatable bonds is 4. The Morgan fingerprint density at radius 1 is 1.42 bits per heavy atom. The van der Waals surface area contributed by atoms with Gasteiger partial charge in [0.2, 0.25) is 5.91 Å². The Bertz CT molecular complexity index is 456. The molecule has 1 atom stereocenters. The zero-order valence-electron chi connectivity index (χ0n) is 11.6. The summed E-state index contributed by atoms with van der Waals surface area (Å²) in [6, 6.07) is -0.792. The molecule has 5 heteroatoms. The highest BCUT2D eigenvalue weighted by atomic mass is 16.2. The topological polar surface area (TPSA) is 96.0 Å². The number of carbonyl (C=O) groups is 2. The summed E-state index contributed by atoms with van der Waals surface area (Å²) < 4.78 is 0. The van der Waals surface area contributed by atoms with Gasteiger partial charge in [-0.3, -0.25) is 15.0 Å². The maximum atomic E-state index is 12.0. The summed E-state index contributed by atoms with van der Waals surface area (Å²) in [7, 11) is 0. The Morgan fingerprint density at radius 2 is 2.05 bits per heavy atom. The SMILES string of the molecule is CC(C)(C)[C@H](NC(=O)C(=N)C1=CC=CCC1)C(N)=O. The maximum absolute atomic E-state index is 12.0. The number of allylic oxidation sites excluding steroid dienone is 3. The highest BCUT2D eigenvalue weighted by molar-refractivity contribution is 6.44. The van der Waals surface area contributed by atoms with Crippen LogP contribution in [0.1, 0.15) is 33.6 Å². The van der Waals surface area contributed by atoms with E-state index in [-0.39, 0.29) is 5.71 Å². The van der Waals surface area contributed by atoms with E-state index in [1.54, 1.807) is 6.08 Å². The van der Waals surface area contributed by atoms with Crippen LogP contribution in [0.3, 0.4) is 0 Å². The van der Waals surface area contributed by atoms with E-state index >= 15 is 0 Å². The average Bonchev–Trinajstić information content (AvgIpc) is 2.34. The lowest BCUT2D eigenvalue weighted by molar-refractivity contribution is -0.126. The zero-order chi connectivity index (χ0) is 14.6. The Kier molecular flexibility index (Phi) is 4.64. The molecule has 0 saturated carbocycles. The van der Waals surface area contributed by atoms with E-state index < -0.39 is 23.3 Å². The van der Waals surface area contributed by atoms with Crippen molar-refractivity contribution in [2.75, 3.05) is 0 Å². The number of primary amides is 1. The van der Waals surface area contributed by atoms with Crippen molar-refractivity contribution in [3.8, 4) is 0 Å². The first-order valence-corrected chi connectivity index (χ1v) is 6.28. The molecule has 4 N–H and O–H groups in total. The molecule has 0 heterocycles. The fourth-order valence-corrected chi connectivity index (χ4v) is 1.87. The molecule has 0 saturated heterocycles. The lowest BCUT2D eigenvalue weighted by Gasteiger charge is -2.28. The van der Waals surface area contributed by atoms with E-state index in [2.05, 4.69) is 5.32 Å². The van der Waals surface area contributed by atoms with E-state index in [4.69, 9.17) is 11.1 Å². The number of hydrogen-bond donors (Lipinski definition) is 3. The molecule has 0 fully saturated rings. The molecule has 0 unspecified atom stereocenters. The van der Waals surface area contributed by atoms with Gasteiger partial charge in [-0.05, 0) is 23.8 Å². The van der Waals surface area contributed by atoms with Gasteiger partial charge in [-0.15, -0.1) is 0 Å². The lowest BCUT2D eigenvalue weighted by Crippen LogP contribution is -2.53. The molecule has 2 amide bonds. The molecule has 1 rings (SSSR count). The fourth-order valence-electron chi connectivity index (χ4n) is 1.87. The average molecular weight is 263 g/mol. The molecule has 0 aromatic carbocycles. The molecular weight excluding hydrogens is 242 g/mol. The van der Waals surface area contributed by atoms with Gasteiger partial charge in [-0.2, -0.15) is 0 Å². The molecule has 1 aliphatic carbocycles. The number of amides is 2. The smallest absolute Gasteiger partial charge is 0.270 e. The standard InChI is InChI=1S/C14H21N3O2/c1-14(2,3)11(12(16)18)17-13(19)10(15)9-7-5-4-6-8-9/h4-5,7,11,15H,6,8H2,1-3H3,(H2,16,18)(H,17,19)/t11-/m1/s1. The number of nitrogens with one attached hydrogen (secondary N) is 2. The normalized spacial score (nSPS) is 16.5. The van der Waals surface area contributed by atoms with Crippen LogP contribution < -0.4 is 11.1 Å². The first kappa shape index (κ1) is 15.1. The summed E-state index contributed by atoms with van der Waals surface area (Å²) in [6.07, 6.45) is 7.05. The van der Waals surface area contributed by atoms with Gasteiger partial charge in [0.15, 0.2) is 0 Å². The summed E-state index contributed by atoms with van der Waals surface area (Å²) in [6.45, 7) is 5.44. The molecule has 0 bridgehead atoms. The Balaban J connectivity index is 2.78. The van der Waals surface area contributed by atoms with Crippen molar-refractivity contribution in [2.24, 2.45) is 11.1 Å². The zero-order valence-corrected chi connectivity index (χ0v) is 11.6. The van der Waals surface area contributed by atoms with Gasteiger partial charge in [0.25, 0.3) is 5.91 Å². The quantitative estimate of drug-likeness (QED) is 0.666. The first-order valence-electron chi connectivity index (χ1n) is 6.28. The third kappa shape index (κ3) is 4.05. The Hall–Kier alpha value is -1.91. The molecule has 0 aliphatic heterocycles. The van der Waals surface area contributed by atoms with Gasteiger partial charge in [0, 0.05) is 0 Å². The number of carbonyl (C=O) groups excluding carboxylic acids is 2. The van der Waals surface area contributed by atoms with Gasteiger partial charge < -0.3 is 11.1 Å². The van der Waals surface area contributed by atoms with Gasteiger partial charge in [0.1, 0.15) is 11.8 Å². The summed E-state index contributed by atoms with van der Waals surface area (Å²) in [4.78, 5) is 23.4. The molecule has 0 spiro atoms. The molecule has 0 radical (unpaired) electrons. The second kappa shape index (κ2) is 5.82. The minimum absolute atomic E-state index is 0.0974. The number of nitrogens with two attached hydrogens (primary N) is 1. The largest absolute Gasteiger partial charge is 0.368 e. The second-order valence-electron chi connectivity index (χ2n) is 5.71. The lowest BCUT2D eigenvalue weighted by atomic mass is 9.86. The van der Waals surface area contributed by atoms with E-state index in [0.29, 0.717) is 12.0 Å². The molecule has 0 aromatic heterocycles. The predicted octanol–water partition coefficient (Wildman–Crippen LogP) is 1.30. The van der Waals surface area contributed by atoms with Crippen molar-refractivity contribution in [3.05, 3.63) is 23.8 Å². The fraction of sp³-hybridized carbons (Fsp3) is 0.500. The van der Waals surface area contributed by atoms with Crippen LogP contribution in [0.15, 0.2) is 23.8 Å². The van der Waals surface area contributed by atoms with Gasteiger partial charge >= 0.3 is 0 Å². The number of hydrogen-bond acceptors (Lipinski definition) is 3. The van der Waals surface area contributed by atoms with Gasteiger partial charge in [0.05, 0.1) is 0 Å². The molecular formula is C14H21N3O2. The third-order valence-electron chi connectivity index (χ3n) is 2.99. The minimum atomic E-state index is -0.792. The highest BCUT2D eigenvalue weighted by Gasteiger charge is 2.32. The van der Waals surface area contributed by atoms with Crippen molar-refractivity contribution >= 4 is 17.5 Å². The second-order valence-corrected chi connectivity index (χ2v) is 5.71. The van der Waals surface area contributed by atoms with Crippen molar-refractivity contribution in [1.82, 2.24) is 5.32 Å². The van der Waals surface area contributed by atoms with Crippen LogP contribution in [0.5, 0.6) is 0 Å². The van der Waals surface area contributed by atoms with E-state index in [0.717, 1.165) is 6.42 Å². The summed E-state index contributed by atoms with van der Waals surface area (Å²) in [5.74, 6) is -1.15. The predicted molar refractivity (Wildman–Crippen MR) is 74.8 cm³/mol. The molecule has 19 heavy (non-hydrogen) atoms. The Labute approximate surface area is 113 Å². The van der Waals surface area contributed by atoms with Crippen LogP contribution in [0.25, 0.3) is 0 Å². The molecule has 0 aromatic rings. The Morgan fingerprint density at radius 3 is 2.47 bits per heavy atom. The first-order chi connectivity index (χ1) is 8.73. The van der Waals surface area contributed by atoms with Crippen molar-refractivity contribution < 1.29 is 9.59 Å². The highest BCUT2D eigenvalue weighted by Crippen LogP contribution is 2.19.